The maximum Gasteiger partial charge on any atom is 0.221 e. The molecule has 0 saturated heterocycles. The summed E-state index contributed by atoms with van der Waals surface area (Å²) in [5, 5.41) is 2.74. The Morgan fingerprint density at radius 3 is 2.64 bits per heavy atom. The van der Waals surface area contributed by atoms with E-state index in [0.717, 1.165) is 23.4 Å². The first-order chi connectivity index (χ1) is 6.65. The molecular formula is C11H15NO2. The topological polar surface area (TPSA) is 38.3 Å². The quantitative estimate of drug-likeness (QED) is 0.799. The third kappa shape index (κ3) is 2.76. The van der Waals surface area contributed by atoms with E-state index in [0.29, 0.717) is 0 Å². The highest BCUT2D eigenvalue weighted by Gasteiger charge is 2.01. The fourth-order valence-corrected chi connectivity index (χ4v) is 1.26. The molecule has 0 unspecified atom stereocenters. The summed E-state index contributed by atoms with van der Waals surface area (Å²) in [6.45, 7) is 3.55. The number of methoxy groups -OCH3 is 1. The molecule has 0 saturated carbocycles. The zero-order valence-electron chi connectivity index (χ0n) is 8.76. The maximum atomic E-state index is 10.9. The van der Waals surface area contributed by atoms with Crippen LogP contribution in [0.15, 0.2) is 18.2 Å². The number of carbonyl (C=O) groups excluding carboxylic acids is 1. The number of carbonyl (C=O) groups is 1. The van der Waals surface area contributed by atoms with Gasteiger partial charge in [0.05, 0.1) is 7.11 Å². The van der Waals surface area contributed by atoms with E-state index in [9.17, 15) is 4.79 Å². The molecule has 0 aliphatic carbocycles. The Kier molecular flexibility index (Phi) is 3.51. The SMILES string of the molecule is CCc1cc(NC(C)=O)cc(OC)c1. The van der Waals surface area contributed by atoms with Crippen molar-refractivity contribution < 1.29 is 9.53 Å². The predicted molar refractivity (Wildman–Crippen MR) is 56.7 cm³/mol. The zero-order chi connectivity index (χ0) is 10.6. The van der Waals surface area contributed by atoms with Gasteiger partial charge in [0.25, 0.3) is 0 Å². The van der Waals surface area contributed by atoms with Crippen molar-refractivity contribution in [3.8, 4) is 5.75 Å². The van der Waals surface area contributed by atoms with E-state index in [-0.39, 0.29) is 5.91 Å². The lowest BCUT2D eigenvalue weighted by Gasteiger charge is -2.07. The average molecular weight is 193 g/mol. The number of ether oxygens (including phenoxy) is 1. The monoisotopic (exact) mass is 193 g/mol. The molecule has 3 nitrogen and oxygen atoms in total. The number of nitrogens with one attached hydrogen (secondary N) is 1. The summed E-state index contributed by atoms with van der Waals surface area (Å²) in [4.78, 5) is 10.9. The van der Waals surface area contributed by atoms with E-state index in [1.54, 1.807) is 13.2 Å². The van der Waals surface area contributed by atoms with Gasteiger partial charge < -0.3 is 10.1 Å². The number of hydrogen-bond donors (Lipinski definition) is 1. The molecule has 1 amide bonds. The largest absolute Gasteiger partial charge is 0.497 e. The summed E-state index contributed by atoms with van der Waals surface area (Å²) in [5.41, 5.74) is 1.93. The number of rotatable bonds is 3. The van der Waals surface area contributed by atoms with Crippen molar-refractivity contribution >= 4 is 11.6 Å². The second-order valence-corrected chi connectivity index (χ2v) is 3.10. The van der Waals surface area contributed by atoms with Gasteiger partial charge in [-0.05, 0) is 24.1 Å². The van der Waals surface area contributed by atoms with E-state index in [1.807, 2.05) is 12.1 Å². The molecule has 0 aliphatic heterocycles. The first-order valence-corrected chi connectivity index (χ1v) is 4.61. The van der Waals surface area contributed by atoms with Gasteiger partial charge in [-0.15, -0.1) is 0 Å². The first-order valence-electron chi connectivity index (χ1n) is 4.61. The van der Waals surface area contributed by atoms with Crippen LogP contribution in [0.25, 0.3) is 0 Å². The standard InChI is InChI=1S/C11H15NO2/c1-4-9-5-10(12-8(2)13)7-11(6-9)14-3/h5-7H,4H2,1-3H3,(H,12,13). The lowest BCUT2D eigenvalue weighted by molar-refractivity contribution is -0.114. The molecule has 0 fully saturated rings. The van der Waals surface area contributed by atoms with Gasteiger partial charge in [-0.3, -0.25) is 4.79 Å². The van der Waals surface area contributed by atoms with Crippen molar-refractivity contribution in [2.75, 3.05) is 12.4 Å². The Hall–Kier alpha value is -1.51. The number of aryl methyl sites for hydroxylation is 1. The lowest BCUT2D eigenvalue weighted by Crippen LogP contribution is -2.06. The third-order valence-corrected chi connectivity index (χ3v) is 1.93. The molecule has 0 aliphatic rings. The highest BCUT2D eigenvalue weighted by Crippen LogP contribution is 2.21. The molecule has 1 N–H and O–H groups in total. The van der Waals surface area contributed by atoms with Gasteiger partial charge in [0.2, 0.25) is 5.91 Å². The smallest absolute Gasteiger partial charge is 0.221 e. The minimum Gasteiger partial charge on any atom is -0.497 e. The van der Waals surface area contributed by atoms with Crippen molar-refractivity contribution in [3.05, 3.63) is 23.8 Å². The molecule has 0 atom stereocenters. The van der Waals surface area contributed by atoms with Gasteiger partial charge in [-0.2, -0.15) is 0 Å². The van der Waals surface area contributed by atoms with E-state index in [1.165, 1.54) is 6.92 Å². The van der Waals surface area contributed by atoms with Crippen molar-refractivity contribution in [1.82, 2.24) is 0 Å². The third-order valence-electron chi connectivity index (χ3n) is 1.93. The van der Waals surface area contributed by atoms with Crippen LogP contribution in [0.1, 0.15) is 19.4 Å². The summed E-state index contributed by atoms with van der Waals surface area (Å²) in [6, 6.07) is 5.72. The molecular weight excluding hydrogens is 178 g/mol. The van der Waals surface area contributed by atoms with Crippen LogP contribution in [0.2, 0.25) is 0 Å². The van der Waals surface area contributed by atoms with Crippen molar-refractivity contribution in [2.45, 2.75) is 20.3 Å². The molecule has 3 heteroatoms. The fourth-order valence-electron chi connectivity index (χ4n) is 1.26. The van der Waals surface area contributed by atoms with Crippen molar-refractivity contribution in [2.24, 2.45) is 0 Å². The van der Waals surface area contributed by atoms with Crippen LogP contribution in [0.5, 0.6) is 5.75 Å². The Labute approximate surface area is 84.1 Å². The normalized spacial score (nSPS) is 9.64. The van der Waals surface area contributed by atoms with Crippen LogP contribution < -0.4 is 10.1 Å². The number of amides is 1. The second kappa shape index (κ2) is 4.65. The minimum absolute atomic E-state index is 0.0692. The highest BCUT2D eigenvalue weighted by atomic mass is 16.5. The zero-order valence-corrected chi connectivity index (χ0v) is 8.76. The number of benzene rings is 1. The lowest BCUT2D eigenvalue weighted by atomic mass is 10.1. The van der Waals surface area contributed by atoms with Crippen LogP contribution in [-0.2, 0) is 11.2 Å². The van der Waals surface area contributed by atoms with Gasteiger partial charge >= 0.3 is 0 Å². The van der Waals surface area contributed by atoms with E-state index in [2.05, 4.69) is 12.2 Å². The number of anilines is 1. The van der Waals surface area contributed by atoms with Gasteiger partial charge in [0, 0.05) is 18.7 Å². The van der Waals surface area contributed by atoms with Gasteiger partial charge in [-0.25, -0.2) is 0 Å². The van der Waals surface area contributed by atoms with E-state index >= 15 is 0 Å². The van der Waals surface area contributed by atoms with Crippen LogP contribution in [-0.4, -0.2) is 13.0 Å². The summed E-state index contributed by atoms with van der Waals surface area (Å²) in [6.07, 6.45) is 0.920. The molecule has 1 rings (SSSR count). The maximum absolute atomic E-state index is 10.9. The van der Waals surface area contributed by atoms with Crippen LogP contribution in [0, 0.1) is 0 Å². The fraction of sp³-hybridized carbons (Fsp3) is 0.364. The van der Waals surface area contributed by atoms with E-state index < -0.39 is 0 Å². The average Bonchev–Trinajstić information content (AvgIpc) is 2.16. The number of hydrogen-bond acceptors (Lipinski definition) is 2. The van der Waals surface area contributed by atoms with Gasteiger partial charge in [0.15, 0.2) is 0 Å². The molecule has 0 heterocycles. The summed E-state index contributed by atoms with van der Waals surface area (Å²) in [7, 11) is 1.62. The highest BCUT2D eigenvalue weighted by molar-refractivity contribution is 5.89. The molecule has 76 valence electrons. The summed E-state index contributed by atoms with van der Waals surface area (Å²) < 4.78 is 5.13. The second-order valence-electron chi connectivity index (χ2n) is 3.10. The summed E-state index contributed by atoms with van der Waals surface area (Å²) >= 11 is 0. The van der Waals surface area contributed by atoms with E-state index in [4.69, 9.17) is 4.74 Å². The Morgan fingerprint density at radius 1 is 1.43 bits per heavy atom. The van der Waals surface area contributed by atoms with Gasteiger partial charge in [0.1, 0.15) is 5.75 Å². The molecule has 0 spiro atoms. The predicted octanol–water partition coefficient (Wildman–Crippen LogP) is 2.22. The van der Waals surface area contributed by atoms with Crippen molar-refractivity contribution in [3.63, 3.8) is 0 Å². The van der Waals surface area contributed by atoms with Crippen molar-refractivity contribution in [1.29, 1.82) is 0 Å². The molecule has 1 aromatic rings. The van der Waals surface area contributed by atoms with Crippen LogP contribution in [0.3, 0.4) is 0 Å². The minimum atomic E-state index is -0.0692. The molecule has 0 aromatic heterocycles. The Morgan fingerprint density at radius 2 is 2.14 bits per heavy atom. The molecule has 1 aromatic carbocycles. The first kappa shape index (κ1) is 10.6. The summed E-state index contributed by atoms with van der Waals surface area (Å²) in [5.74, 6) is 0.702. The Bertz CT molecular complexity index is 312. The van der Waals surface area contributed by atoms with Crippen LogP contribution in [0.4, 0.5) is 5.69 Å². The molecule has 0 radical (unpaired) electrons. The molecule has 0 bridgehead atoms. The Balaban J connectivity index is 2.98. The van der Waals surface area contributed by atoms with Crippen LogP contribution >= 0.6 is 0 Å². The van der Waals surface area contributed by atoms with Gasteiger partial charge in [-0.1, -0.05) is 6.92 Å². The molecule has 14 heavy (non-hydrogen) atoms.